The fraction of sp³-hybridized carbons (Fsp3) is 0.588. The van der Waals surface area contributed by atoms with Crippen LogP contribution in [0.4, 0.5) is 5.69 Å². The first-order valence-electron chi connectivity index (χ1n) is 7.75. The van der Waals surface area contributed by atoms with E-state index < -0.39 is 0 Å². The summed E-state index contributed by atoms with van der Waals surface area (Å²) in [7, 11) is 0. The number of esters is 1. The molecule has 0 aromatic heterocycles. The molecular weight excluding hydrogens is 250 g/mol. The molecule has 1 N–H and O–H groups in total. The topological polar surface area (TPSA) is 38.3 Å². The minimum atomic E-state index is -0.149. The first-order valence-corrected chi connectivity index (χ1v) is 7.75. The van der Waals surface area contributed by atoms with Crippen molar-refractivity contribution in [2.24, 2.45) is 0 Å². The first-order chi connectivity index (χ1) is 9.74. The lowest BCUT2D eigenvalue weighted by molar-refractivity contribution is -0.159. The summed E-state index contributed by atoms with van der Waals surface area (Å²) in [6.07, 6.45) is 6.72. The van der Waals surface area contributed by atoms with Crippen molar-refractivity contribution in [1.29, 1.82) is 0 Å². The molecule has 1 aliphatic carbocycles. The Kier molecular flexibility index (Phi) is 5.45. The average molecular weight is 275 g/mol. The van der Waals surface area contributed by atoms with Crippen LogP contribution in [0.2, 0.25) is 0 Å². The number of para-hydroxylation sites is 1. The van der Waals surface area contributed by atoms with Gasteiger partial charge < -0.3 is 10.1 Å². The second-order valence-electron chi connectivity index (χ2n) is 5.61. The molecule has 110 valence electrons. The molecule has 0 saturated heterocycles. The second kappa shape index (κ2) is 7.32. The molecule has 1 saturated carbocycles. The predicted octanol–water partition coefficient (Wildman–Crippen LogP) is 4.14. The smallest absolute Gasteiger partial charge is 0.306 e. The van der Waals surface area contributed by atoms with Crippen LogP contribution in [0.25, 0.3) is 0 Å². The summed E-state index contributed by atoms with van der Waals surface area (Å²) < 4.78 is 5.73. The number of hydrogen-bond donors (Lipinski definition) is 1. The number of carbonyl (C=O) groups is 1. The summed E-state index contributed by atoms with van der Waals surface area (Å²) >= 11 is 0. The van der Waals surface area contributed by atoms with E-state index in [4.69, 9.17) is 4.74 Å². The highest BCUT2D eigenvalue weighted by atomic mass is 16.6. The van der Waals surface area contributed by atoms with Gasteiger partial charge in [-0.1, -0.05) is 25.1 Å². The molecule has 1 aliphatic rings. The Morgan fingerprint density at radius 3 is 2.60 bits per heavy atom. The molecule has 0 amide bonds. The molecule has 0 unspecified atom stereocenters. The maximum absolute atomic E-state index is 11.9. The van der Waals surface area contributed by atoms with Gasteiger partial charge in [0.25, 0.3) is 0 Å². The molecule has 0 aliphatic heterocycles. The van der Waals surface area contributed by atoms with Crippen LogP contribution >= 0.6 is 0 Å². The van der Waals surface area contributed by atoms with Crippen LogP contribution < -0.4 is 5.32 Å². The molecule has 3 nitrogen and oxygen atoms in total. The largest absolute Gasteiger partial charge is 0.459 e. The summed E-state index contributed by atoms with van der Waals surface area (Å²) in [6, 6.07) is 10.1. The van der Waals surface area contributed by atoms with Gasteiger partial charge in [0.15, 0.2) is 0 Å². The van der Waals surface area contributed by atoms with Gasteiger partial charge in [0, 0.05) is 18.7 Å². The lowest BCUT2D eigenvalue weighted by Crippen LogP contribution is -2.31. The van der Waals surface area contributed by atoms with E-state index in [0.29, 0.717) is 6.42 Å². The number of anilines is 1. The Morgan fingerprint density at radius 1 is 1.25 bits per heavy atom. The molecule has 20 heavy (non-hydrogen) atoms. The Bertz CT molecular complexity index is 410. The van der Waals surface area contributed by atoms with Crippen molar-refractivity contribution >= 4 is 11.7 Å². The van der Waals surface area contributed by atoms with Crippen molar-refractivity contribution in [2.45, 2.75) is 57.5 Å². The van der Waals surface area contributed by atoms with Crippen LogP contribution in [0.5, 0.6) is 0 Å². The number of carbonyl (C=O) groups excluding carboxylic acids is 1. The average Bonchev–Trinajstić information content (AvgIpc) is 2.94. The van der Waals surface area contributed by atoms with Gasteiger partial charge in [-0.2, -0.15) is 0 Å². The summed E-state index contributed by atoms with van der Waals surface area (Å²) in [6.45, 7) is 2.92. The molecule has 0 bridgehead atoms. The van der Waals surface area contributed by atoms with E-state index >= 15 is 0 Å². The molecule has 0 heterocycles. The highest BCUT2D eigenvalue weighted by molar-refractivity contribution is 5.70. The minimum absolute atomic E-state index is 0.0383. The molecule has 2 rings (SSSR count). The van der Waals surface area contributed by atoms with E-state index in [1.54, 1.807) is 0 Å². The molecule has 1 fully saturated rings. The van der Waals surface area contributed by atoms with E-state index in [1.165, 1.54) is 12.8 Å². The Labute approximate surface area is 121 Å². The van der Waals surface area contributed by atoms with Crippen LogP contribution in [0.1, 0.15) is 51.9 Å². The lowest BCUT2D eigenvalue weighted by Gasteiger charge is -2.27. The van der Waals surface area contributed by atoms with Gasteiger partial charge >= 0.3 is 5.97 Å². The standard InChI is InChI=1S/C17H25NO2/c1-2-17(12-6-7-13-17)20-16(19)11-8-14-18-15-9-4-3-5-10-15/h3-5,9-10,18H,2,6-8,11-14H2,1H3. The van der Waals surface area contributed by atoms with E-state index in [-0.39, 0.29) is 11.6 Å². The maximum Gasteiger partial charge on any atom is 0.306 e. The second-order valence-corrected chi connectivity index (χ2v) is 5.61. The molecule has 1 aromatic rings. The molecule has 0 atom stereocenters. The van der Waals surface area contributed by atoms with Crippen LogP contribution in [0, 0.1) is 0 Å². The highest BCUT2D eigenvalue weighted by Crippen LogP contribution is 2.36. The van der Waals surface area contributed by atoms with Crippen molar-refractivity contribution in [2.75, 3.05) is 11.9 Å². The van der Waals surface area contributed by atoms with Crippen molar-refractivity contribution < 1.29 is 9.53 Å². The van der Waals surface area contributed by atoms with Crippen LogP contribution in [0.15, 0.2) is 30.3 Å². The van der Waals surface area contributed by atoms with Gasteiger partial charge in [0.05, 0.1) is 0 Å². The number of ether oxygens (including phenoxy) is 1. The van der Waals surface area contributed by atoms with E-state index in [1.807, 2.05) is 30.3 Å². The zero-order valence-electron chi connectivity index (χ0n) is 12.4. The lowest BCUT2D eigenvalue weighted by atomic mass is 9.99. The fourth-order valence-corrected chi connectivity index (χ4v) is 2.86. The number of benzene rings is 1. The third kappa shape index (κ3) is 4.26. The molecule has 0 spiro atoms. The van der Waals surface area contributed by atoms with Crippen molar-refractivity contribution in [3.8, 4) is 0 Å². The third-order valence-corrected chi connectivity index (χ3v) is 4.15. The van der Waals surface area contributed by atoms with Gasteiger partial charge in [-0.3, -0.25) is 4.79 Å². The SMILES string of the molecule is CCC1(OC(=O)CCCNc2ccccc2)CCCC1. The molecule has 0 radical (unpaired) electrons. The number of rotatable bonds is 7. The van der Waals surface area contributed by atoms with Crippen LogP contribution in [0.3, 0.4) is 0 Å². The normalized spacial score (nSPS) is 16.9. The van der Waals surface area contributed by atoms with Crippen LogP contribution in [-0.2, 0) is 9.53 Å². The van der Waals surface area contributed by atoms with Crippen molar-refractivity contribution in [1.82, 2.24) is 0 Å². The zero-order valence-corrected chi connectivity index (χ0v) is 12.4. The quantitative estimate of drug-likeness (QED) is 0.600. The Hall–Kier alpha value is -1.51. The molecule has 1 aromatic carbocycles. The molecular formula is C17H25NO2. The first kappa shape index (κ1) is 14.9. The van der Waals surface area contributed by atoms with E-state index in [9.17, 15) is 4.79 Å². The Morgan fingerprint density at radius 2 is 1.95 bits per heavy atom. The zero-order chi connectivity index (χ0) is 14.3. The summed E-state index contributed by atoms with van der Waals surface area (Å²) in [5, 5.41) is 3.31. The van der Waals surface area contributed by atoms with E-state index in [0.717, 1.165) is 37.9 Å². The minimum Gasteiger partial charge on any atom is -0.459 e. The van der Waals surface area contributed by atoms with Crippen LogP contribution in [-0.4, -0.2) is 18.1 Å². The fourth-order valence-electron chi connectivity index (χ4n) is 2.86. The summed E-state index contributed by atoms with van der Waals surface area (Å²) in [4.78, 5) is 11.9. The van der Waals surface area contributed by atoms with Crippen molar-refractivity contribution in [3.63, 3.8) is 0 Å². The number of hydrogen-bond acceptors (Lipinski definition) is 3. The van der Waals surface area contributed by atoms with Gasteiger partial charge in [0.1, 0.15) is 5.60 Å². The van der Waals surface area contributed by atoms with Gasteiger partial charge in [-0.05, 0) is 50.7 Å². The van der Waals surface area contributed by atoms with Gasteiger partial charge in [0.2, 0.25) is 0 Å². The third-order valence-electron chi connectivity index (χ3n) is 4.15. The monoisotopic (exact) mass is 275 g/mol. The van der Waals surface area contributed by atoms with Gasteiger partial charge in [-0.25, -0.2) is 0 Å². The van der Waals surface area contributed by atoms with E-state index in [2.05, 4.69) is 12.2 Å². The maximum atomic E-state index is 11.9. The van der Waals surface area contributed by atoms with Crippen molar-refractivity contribution in [3.05, 3.63) is 30.3 Å². The highest BCUT2D eigenvalue weighted by Gasteiger charge is 2.35. The summed E-state index contributed by atoms with van der Waals surface area (Å²) in [5.41, 5.74) is 0.950. The predicted molar refractivity (Wildman–Crippen MR) is 81.7 cm³/mol. The Balaban J connectivity index is 1.65. The number of nitrogens with one attached hydrogen (secondary N) is 1. The molecule has 3 heteroatoms. The van der Waals surface area contributed by atoms with Gasteiger partial charge in [-0.15, -0.1) is 0 Å². The summed E-state index contributed by atoms with van der Waals surface area (Å²) in [5.74, 6) is -0.0383.